The molecule has 102 valence electrons. The van der Waals surface area contributed by atoms with Crippen molar-refractivity contribution in [1.29, 1.82) is 0 Å². The van der Waals surface area contributed by atoms with Gasteiger partial charge in [-0.1, -0.05) is 26.7 Å². The van der Waals surface area contributed by atoms with Gasteiger partial charge in [0, 0.05) is 19.8 Å². The van der Waals surface area contributed by atoms with E-state index in [-0.39, 0.29) is 4.90 Å². The molecule has 0 spiro atoms. The highest BCUT2D eigenvalue weighted by molar-refractivity contribution is 7.89. The summed E-state index contributed by atoms with van der Waals surface area (Å²) >= 11 is 0. The lowest BCUT2D eigenvalue weighted by molar-refractivity contribution is 0.479. The molecule has 0 aromatic carbocycles. The quantitative estimate of drug-likeness (QED) is 0.794. The highest BCUT2D eigenvalue weighted by Crippen LogP contribution is 2.17. The van der Waals surface area contributed by atoms with E-state index in [4.69, 9.17) is 0 Å². The smallest absolute Gasteiger partial charge is 0.244 e. The summed E-state index contributed by atoms with van der Waals surface area (Å²) in [7, 11) is -1.84. The number of rotatable bonds is 7. The molecule has 0 saturated carbocycles. The monoisotopic (exact) mass is 271 g/mol. The molecule has 5 nitrogen and oxygen atoms in total. The minimum Gasteiger partial charge on any atom is -0.372 e. The molecule has 0 aliphatic heterocycles. The third-order valence-corrected chi connectivity index (χ3v) is 4.47. The summed E-state index contributed by atoms with van der Waals surface area (Å²) in [4.78, 5) is 4.19. The van der Waals surface area contributed by atoms with Crippen molar-refractivity contribution in [2.24, 2.45) is 5.92 Å². The molecule has 1 heterocycles. The number of pyridine rings is 1. The van der Waals surface area contributed by atoms with Crippen molar-refractivity contribution in [3.8, 4) is 0 Å². The van der Waals surface area contributed by atoms with Crippen LogP contribution in [0.25, 0.3) is 0 Å². The van der Waals surface area contributed by atoms with E-state index >= 15 is 0 Å². The van der Waals surface area contributed by atoms with Gasteiger partial charge in [0.25, 0.3) is 0 Å². The molecule has 0 amide bonds. The maximum atomic E-state index is 12.2. The van der Waals surface area contributed by atoms with E-state index in [1.807, 2.05) is 0 Å². The number of hydrogen-bond donors (Lipinski definition) is 2. The number of anilines is 1. The Morgan fingerprint density at radius 3 is 2.56 bits per heavy atom. The minimum absolute atomic E-state index is 0.193. The van der Waals surface area contributed by atoms with Gasteiger partial charge in [0.2, 0.25) is 10.0 Å². The molecule has 0 aliphatic rings. The predicted molar refractivity (Wildman–Crippen MR) is 73.0 cm³/mol. The van der Waals surface area contributed by atoms with Gasteiger partial charge in [-0.05, 0) is 18.1 Å². The minimum atomic E-state index is -3.49. The van der Waals surface area contributed by atoms with E-state index in [2.05, 4.69) is 28.9 Å². The van der Waals surface area contributed by atoms with E-state index in [0.29, 0.717) is 18.3 Å². The van der Waals surface area contributed by atoms with E-state index in [0.717, 1.165) is 12.8 Å². The summed E-state index contributed by atoms with van der Waals surface area (Å²) in [6, 6.07) is 3.17. The van der Waals surface area contributed by atoms with Crippen molar-refractivity contribution in [2.75, 3.05) is 18.9 Å². The fraction of sp³-hybridized carbons (Fsp3) is 0.583. The van der Waals surface area contributed by atoms with Gasteiger partial charge >= 0.3 is 0 Å². The number of nitrogens with zero attached hydrogens (tertiary/aromatic N) is 1. The molecule has 0 unspecified atom stereocenters. The van der Waals surface area contributed by atoms with Crippen LogP contribution in [0.15, 0.2) is 23.2 Å². The molecule has 0 aliphatic carbocycles. The molecular weight excluding hydrogens is 250 g/mol. The molecule has 0 saturated heterocycles. The fourth-order valence-electron chi connectivity index (χ4n) is 1.68. The Morgan fingerprint density at radius 1 is 1.33 bits per heavy atom. The number of nitrogens with one attached hydrogen (secondary N) is 2. The summed E-state index contributed by atoms with van der Waals surface area (Å²) in [6.45, 7) is 4.59. The molecule has 1 aromatic rings. The standard InChI is InChI=1S/C12H21N3O2S/c1-4-10(5-2)9-15-18(16,17)11-7-6-8-14-12(11)13-3/h6-8,10,15H,4-5,9H2,1-3H3,(H,13,14). The normalized spacial score (nSPS) is 11.8. The Labute approximate surface area is 109 Å². The van der Waals surface area contributed by atoms with Crippen LogP contribution in [0.5, 0.6) is 0 Å². The third kappa shape index (κ3) is 3.68. The van der Waals surface area contributed by atoms with Crippen molar-refractivity contribution in [3.63, 3.8) is 0 Å². The zero-order valence-electron chi connectivity index (χ0n) is 11.1. The van der Waals surface area contributed by atoms with Crippen molar-refractivity contribution in [3.05, 3.63) is 18.3 Å². The first kappa shape index (κ1) is 14.9. The van der Waals surface area contributed by atoms with Gasteiger partial charge in [0.15, 0.2) is 0 Å². The van der Waals surface area contributed by atoms with Crippen LogP contribution in [0.1, 0.15) is 26.7 Å². The molecule has 6 heteroatoms. The van der Waals surface area contributed by atoms with Gasteiger partial charge in [-0.2, -0.15) is 0 Å². The van der Waals surface area contributed by atoms with E-state index in [9.17, 15) is 8.42 Å². The highest BCUT2D eigenvalue weighted by atomic mass is 32.2. The average Bonchev–Trinajstić information content (AvgIpc) is 2.39. The van der Waals surface area contributed by atoms with Gasteiger partial charge in [-0.25, -0.2) is 18.1 Å². The summed E-state index contributed by atoms with van der Waals surface area (Å²) in [5.74, 6) is 0.740. The van der Waals surface area contributed by atoms with Crippen LogP contribution in [0.4, 0.5) is 5.82 Å². The Hall–Kier alpha value is -1.14. The van der Waals surface area contributed by atoms with Gasteiger partial charge in [0.1, 0.15) is 10.7 Å². The number of hydrogen-bond acceptors (Lipinski definition) is 4. The Bertz CT molecular complexity index is 470. The largest absolute Gasteiger partial charge is 0.372 e. The molecule has 2 N–H and O–H groups in total. The summed E-state index contributed by atoms with van der Waals surface area (Å²) in [5.41, 5.74) is 0. The second kappa shape index (κ2) is 6.70. The topological polar surface area (TPSA) is 71.1 Å². The maximum Gasteiger partial charge on any atom is 0.244 e. The Balaban J connectivity index is 2.86. The molecule has 0 radical (unpaired) electrons. The average molecular weight is 271 g/mol. The lowest BCUT2D eigenvalue weighted by Gasteiger charge is -2.14. The lowest BCUT2D eigenvalue weighted by Crippen LogP contribution is -2.29. The van der Waals surface area contributed by atoms with Crippen LogP contribution in [0.3, 0.4) is 0 Å². The van der Waals surface area contributed by atoms with E-state index in [1.54, 1.807) is 25.4 Å². The van der Waals surface area contributed by atoms with Crippen LogP contribution in [-0.4, -0.2) is 27.0 Å². The highest BCUT2D eigenvalue weighted by Gasteiger charge is 2.19. The zero-order chi connectivity index (χ0) is 13.6. The summed E-state index contributed by atoms with van der Waals surface area (Å²) in [5, 5.41) is 2.79. The van der Waals surface area contributed by atoms with Gasteiger partial charge < -0.3 is 5.32 Å². The van der Waals surface area contributed by atoms with Gasteiger partial charge in [-0.15, -0.1) is 0 Å². The van der Waals surface area contributed by atoms with Crippen molar-refractivity contribution in [1.82, 2.24) is 9.71 Å². The number of aromatic nitrogens is 1. The van der Waals surface area contributed by atoms with Crippen LogP contribution < -0.4 is 10.0 Å². The van der Waals surface area contributed by atoms with Crippen LogP contribution >= 0.6 is 0 Å². The Morgan fingerprint density at radius 2 is 2.00 bits per heavy atom. The first-order valence-electron chi connectivity index (χ1n) is 6.17. The fourth-order valence-corrected chi connectivity index (χ4v) is 2.96. The number of sulfonamides is 1. The molecule has 0 atom stereocenters. The van der Waals surface area contributed by atoms with Crippen molar-refractivity contribution < 1.29 is 8.42 Å². The molecule has 0 fully saturated rings. The predicted octanol–water partition coefficient (Wildman–Crippen LogP) is 1.84. The van der Waals surface area contributed by atoms with Crippen molar-refractivity contribution in [2.45, 2.75) is 31.6 Å². The second-order valence-electron chi connectivity index (χ2n) is 4.13. The van der Waals surface area contributed by atoms with Crippen LogP contribution in [0.2, 0.25) is 0 Å². The van der Waals surface area contributed by atoms with Crippen molar-refractivity contribution >= 4 is 15.8 Å². The second-order valence-corrected chi connectivity index (χ2v) is 5.87. The third-order valence-electron chi connectivity index (χ3n) is 3.01. The molecule has 1 aromatic heterocycles. The molecule has 18 heavy (non-hydrogen) atoms. The first-order chi connectivity index (χ1) is 8.55. The van der Waals surface area contributed by atoms with Crippen LogP contribution in [-0.2, 0) is 10.0 Å². The molecule has 0 bridgehead atoms. The van der Waals surface area contributed by atoms with Gasteiger partial charge in [-0.3, -0.25) is 0 Å². The maximum absolute atomic E-state index is 12.2. The molecule has 1 rings (SSSR count). The lowest BCUT2D eigenvalue weighted by atomic mass is 10.0. The zero-order valence-corrected chi connectivity index (χ0v) is 11.9. The summed E-state index contributed by atoms with van der Waals surface area (Å²) in [6.07, 6.45) is 3.49. The SMILES string of the molecule is CCC(CC)CNS(=O)(=O)c1cccnc1NC. The first-order valence-corrected chi connectivity index (χ1v) is 7.65. The van der Waals surface area contributed by atoms with Crippen LogP contribution in [0, 0.1) is 5.92 Å². The summed E-state index contributed by atoms with van der Waals surface area (Å²) < 4.78 is 27.0. The Kier molecular flexibility index (Phi) is 5.55. The molecular formula is C12H21N3O2S. The van der Waals surface area contributed by atoms with Gasteiger partial charge in [0.05, 0.1) is 0 Å². The van der Waals surface area contributed by atoms with E-state index in [1.165, 1.54) is 0 Å². The van der Waals surface area contributed by atoms with E-state index < -0.39 is 10.0 Å².